The minimum atomic E-state index is 0.177. The molecule has 0 saturated heterocycles. The molecular formula is C13H11BrOS. The molecule has 2 aromatic rings. The molecule has 16 heavy (non-hydrogen) atoms. The maximum Gasteiger partial charge on any atom is 0.168 e. The van der Waals surface area contributed by atoms with E-state index in [4.69, 9.17) is 0 Å². The van der Waals surface area contributed by atoms with E-state index in [0.29, 0.717) is 6.42 Å². The molecule has 0 N–H and O–H groups in total. The zero-order valence-electron chi connectivity index (χ0n) is 8.87. The highest BCUT2D eigenvalue weighted by atomic mass is 79.9. The van der Waals surface area contributed by atoms with Gasteiger partial charge >= 0.3 is 0 Å². The van der Waals surface area contributed by atoms with Crippen molar-refractivity contribution >= 4 is 33.0 Å². The van der Waals surface area contributed by atoms with Crippen molar-refractivity contribution in [1.82, 2.24) is 0 Å². The molecule has 0 fully saturated rings. The van der Waals surface area contributed by atoms with Gasteiger partial charge in [0.05, 0.1) is 3.79 Å². The Bertz CT molecular complexity index is 516. The Balaban J connectivity index is 2.17. The number of ketones is 1. The predicted molar refractivity (Wildman–Crippen MR) is 71.2 cm³/mol. The van der Waals surface area contributed by atoms with Crippen LogP contribution in [0.5, 0.6) is 0 Å². The van der Waals surface area contributed by atoms with Gasteiger partial charge in [-0.2, -0.15) is 0 Å². The third-order valence-corrected chi connectivity index (χ3v) is 4.01. The molecule has 0 amide bonds. The van der Waals surface area contributed by atoms with Crippen LogP contribution in [0, 0.1) is 6.92 Å². The predicted octanol–water partition coefficient (Wildman–Crippen LogP) is 4.24. The maximum absolute atomic E-state index is 12.0. The Morgan fingerprint density at radius 1 is 1.38 bits per heavy atom. The van der Waals surface area contributed by atoms with Crippen LogP contribution in [0.4, 0.5) is 0 Å². The van der Waals surface area contributed by atoms with Gasteiger partial charge in [-0.15, -0.1) is 11.3 Å². The molecule has 0 unspecified atom stereocenters. The van der Waals surface area contributed by atoms with Crippen molar-refractivity contribution in [3.63, 3.8) is 0 Å². The summed E-state index contributed by atoms with van der Waals surface area (Å²) in [6, 6.07) is 9.88. The molecule has 0 aliphatic heterocycles. The zero-order chi connectivity index (χ0) is 11.5. The van der Waals surface area contributed by atoms with Crippen molar-refractivity contribution in [2.24, 2.45) is 0 Å². The van der Waals surface area contributed by atoms with E-state index < -0.39 is 0 Å². The Hall–Kier alpha value is -0.930. The fourth-order valence-corrected chi connectivity index (χ4v) is 2.70. The first-order valence-corrected chi connectivity index (χ1v) is 6.66. The van der Waals surface area contributed by atoms with E-state index in [1.54, 1.807) is 11.3 Å². The Labute approximate surface area is 107 Å². The number of thiophene rings is 1. The van der Waals surface area contributed by atoms with Crippen LogP contribution in [-0.2, 0) is 6.42 Å². The number of carbonyl (C=O) groups is 1. The summed E-state index contributed by atoms with van der Waals surface area (Å²) in [5, 5.41) is 1.89. The van der Waals surface area contributed by atoms with E-state index in [2.05, 4.69) is 15.9 Å². The van der Waals surface area contributed by atoms with Crippen molar-refractivity contribution < 1.29 is 4.79 Å². The first kappa shape index (κ1) is 11.6. The minimum Gasteiger partial charge on any atom is -0.294 e. The highest BCUT2D eigenvalue weighted by Gasteiger charge is 2.10. The van der Waals surface area contributed by atoms with E-state index in [1.165, 1.54) is 5.56 Å². The largest absolute Gasteiger partial charge is 0.294 e. The van der Waals surface area contributed by atoms with E-state index in [0.717, 1.165) is 14.9 Å². The third kappa shape index (κ3) is 2.60. The molecule has 0 spiro atoms. The van der Waals surface area contributed by atoms with Crippen molar-refractivity contribution in [1.29, 1.82) is 0 Å². The number of rotatable bonds is 3. The van der Waals surface area contributed by atoms with Crippen LogP contribution in [0.3, 0.4) is 0 Å². The molecule has 3 heteroatoms. The topological polar surface area (TPSA) is 17.1 Å². The molecule has 0 saturated carbocycles. The van der Waals surface area contributed by atoms with Gasteiger partial charge in [-0.25, -0.2) is 0 Å². The molecule has 1 nitrogen and oxygen atoms in total. The van der Waals surface area contributed by atoms with Crippen LogP contribution in [0.25, 0.3) is 0 Å². The first-order valence-electron chi connectivity index (χ1n) is 4.98. The molecule has 0 radical (unpaired) electrons. The van der Waals surface area contributed by atoms with Gasteiger partial charge in [0.25, 0.3) is 0 Å². The minimum absolute atomic E-state index is 0.177. The number of hydrogen-bond donors (Lipinski definition) is 0. The van der Waals surface area contributed by atoms with E-state index in [1.807, 2.05) is 42.6 Å². The lowest BCUT2D eigenvalue weighted by molar-refractivity contribution is 0.0993. The van der Waals surface area contributed by atoms with Crippen molar-refractivity contribution in [3.05, 3.63) is 56.2 Å². The van der Waals surface area contributed by atoms with Gasteiger partial charge in [-0.05, 0) is 40.0 Å². The quantitative estimate of drug-likeness (QED) is 0.774. The van der Waals surface area contributed by atoms with Gasteiger partial charge < -0.3 is 0 Å². The summed E-state index contributed by atoms with van der Waals surface area (Å²) in [7, 11) is 0. The summed E-state index contributed by atoms with van der Waals surface area (Å²) < 4.78 is 1.00. The van der Waals surface area contributed by atoms with Crippen LogP contribution in [0.1, 0.15) is 21.5 Å². The summed E-state index contributed by atoms with van der Waals surface area (Å²) in [6.45, 7) is 2.03. The fraction of sp³-hybridized carbons (Fsp3) is 0.154. The summed E-state index contributed by atoms with van der Waals surface area (Å²) in [5.74, 6) is 0.177. The fourth-order valence-electron chi connectivity index (χ4n) is 1.54. The smallest absolute Gasteiger partial charge is 0.168 e. The third-order valence-electron chi connectivity index (χ3n) is 2.50. The number of carbonyl (C=O) groups excluding carboxylic acids is 1. The van der Waals surface area contributed by atoms with Crippen LogP contribution < -0.4 is 0 Å². The number of benzene rings is 1. The average molecular weight is 295 g/mol. The lowest BCUT2D eigenvalue weighted by atomic mass is 10.0. The molecule has 2 rings (SSSR count). The van der Waals surface area contributed by atoms with E-state index in [9.17, 15) is 4.79 Å². The summed E-state index contributed by atoms with van der Waals surface area (Å²) in [5.41, 5.74) is 3.07. The molecule has 1 aromatic heterocycles. The summed E-state index contributed by atoms with van der Waals surface area (Å²) >= 11 is 4.91. The van der Waals surface area contributed by atoms with Crippen LogP contribution >= 0.6 is 27.3 Å². The van der Waals surface area contributed by atoms with E-state index in [-0.39, 0.29) is 5.78 Å². The van der Waals surface area contributed by atoms with Gasteiger partial charge in [-0.3, -0.25) is 4.79 Å². The molecule has 0 atom stereocenters. The van der Waals surface area contributed by atoms with Crippen LogP contribution in [-0.4, -0.2) is 5.78 Å². The summed E-state index contributed by atoms with van der Waals surface area (Å²) in [4.78, 5) is 12.0. The number of Topliss-reactive ketones (excluding diaryl/α,β-unsaturated/α-hetero) is 1. The second-order valence-corrected chi connectivity index (χ2v) is 5.96. The monoisotopic (exact) mass is 294 g/mol. The van der Waals surface area contributed by atoms with Gasteiger partial charge in [0, 0.05) is 17.4 Å². The Morgan fingerprint density at radius 2 is 2.12 bits per heavy atom. The van der Waals surface area contributed by atoms with Gasteiger partial charge in [0.1, 0.15) is 0 Å². The van der Waals surface area contributed by atoms with Crippen molar-refractivity contribution in [2.75, 3.05) is 0 Å². The first-order chi connectivity index (χ1) is 7.66. The van der Waals surface area contributed by atoms with Gasteiger partial charge in [-0.1, -0.05) is 24.3 Å². The second-order valence-electron chi connectivity index (χ2n) is 3.67. The highest BCUT2D eigenvalue weighted by Crippen LogP contribution is 2.22. The van der Waals surface area contributed by atoms with Crippen LogP contribution in [0.2, 0.25) is 0 Å². The molecule has 82 valence electrons. The molecular weight excluding hydrogens is 284 g/mol. The standard InChI is InChI=1S/C13H11BrOS/c1-9-4-2-3-5-10(9)6-12(15)11-7-13(14)16-8-11/h2-5,7-8H,6H2,1H3. The SMILES string of the molecule is Cc1ccccc1CC(=O)c1csc(Br)c1. The number of aryl methyl sites for hydroxylation is 1. The van der Waals surface area contributed by atoms with Gasteiger partial charge in [0.15, 0.2) is 5.78 Å². The highest BCUT2D eigenvalue weighted by molar-refractivity contribution is 9.11. The molecule has 1 heterocycles. The van der Waals surface area contributed by atoms with Crippen LogP contribution in [0.15, 0.2) is 39.5 Å². The van der Waals surface area contributed by atoms with Crippen molar-refractivity contribution in [3.8, 4) is 0 Å². The maximum atomic E-state index is 12.0. The Morgan fingerprint density at radius 3 is 2.75 bits per heavy atom. The lowest BCUT2D eigenvalue weighted by Crippen LogP contribution is -2.03. The lowest BCUT2D eigenvalue weighted by Gasteiger charge is -2.03. The molecule has 0 aliphatic rings. The second kappa shape index (κ2) is 4.93. The number of halogens is 1. The molecule has 0 aliphatic carbocycles. The Kier molecular flexibility index (Phi) is 3.56. The average Bonchev–Trinajstić information content (AvgIpc) is 2.68. The van der Waals surface area contributed by atoms with Gasteiger partial charge in [0.2, 0.25) is 0 Å². The summed E-state index contributed by atoms with van der Waals surface area (Å²) in [6.07, 6.45) is 0.482. The molecule has 1 aromatic carbocycles. The normalized spacial score (nSPS) is 10.4. The zero-order valence-corrected chi connectivity index (χ0v) is 11.3. The van der Waals surface area contributed by atoms with Crippen molar-refractivity contribution in [2.45, 2.75) is 13.3 Å². The number of hydrogen-bond acceptors (Lipinski definition) is 2. The molecule has 0 bridgehead atoms. The van der Waals surface area contributed by atoms with E-state index >= 15 is 0 Å².